The maximum atomic E-state index is 11.6. The van der Waals surface area contributed by atoms with Gasteiger partial charge in [0.05, 0.1) is 0 Å². The van der Waals surface area contributed by atoms with Crippen molar-refractivity contribution in [2.45, 2.75) is 181 Å². The minimum absolute atomic E-state index is 0.0374. The van der Waals surface area contributed by atoms with Crippen LogP contribution >= 0.6 is 0 Å². The van der Waals surface area contributed by atoms with Gasteiger partial charge in [0.2, 0.25) is 0 Å². The number of hydrogen-bond donors (Lipinski definition) is 0. The summed E-state index contributed by atoms with van der Waals surface area (Å²) in [5, 5.41) is 0. The first-order chi connectivity index (χ1) is 16.8. The van der Waals surface area contributed by atoms with Crippen LogP contribution in [0, 0.1) is 0 Å². The zero-order valence-corrected chi connectivity index (χ0v) is 23.6. The van der Waals surface area contributed by atoms with E-state index in [4.69, 9.17) is 4.74 Å². The largest absolute Gasteiger partial charge is 0.461 e. The Morgan fingerprint density at radius 1 is 0.471 bits per heavy atom. The van der Waals surface area contributed by atoms with Crippen molar-refractivity contribution in [1.29, 1.82) is 0 Å². The average Bonchev–Trinajstić information content (AvgIpc) is 2.84. The van der Waals surface area contributed by atoms with Crippen molar-refractivity contribution >= 4 is 5.97 Å². The summed E-state index contributed by atoms with van der Waals surface area (Å²) in [6.07, 6.45) is 39.0. The van der Waals surface area contributed by atoms with Gasteiger partial charge >= 0.3 is 5.97 Å². The Morgan fingerprint density at radius 3 is 1.18 bits per heavy atom. The Balaban J connectivity index is 3.10. The van der Waals surface area contributed by atoms with E-state index in [1.807, 2.05) is 6.08 Å². The molecule has 202 valence electrons. The van der Waals surface area contributed by atoms with Crippen LogP contribution in [0.1, 0.15) is 181 Å². The van der Waals surface area contributed by atoms with Gasteiger partial charge in [0.1, 0.15) is 6.61 Å². The quantitative estimate of drug-likeness (QED) is 0.0634. The summed E-state index contributed by atoms with van der Waals surface area (Å²) < 4.78 is 5.21. The highest BCUT2D eigenvalue weighted by molar-refractivity contribution is 5.69. The third kappa shape index (κ3) is 29.2. The van der Waals surface area contributed by atoms with Crippen molar-refractivity contribution in [3.8, 4) is 0 Å². The van der Waals surface area contributed by atoms with Crippen molar-refractivity contribution in [3.63, 3.8) is 0 Å². The molecular weight excluding hydrogens is 416 g/mol. The summed E-state index contributed by atoms with van der Waals surface area (Å²) >= 11 is 0. The number of carbonyl (C=O) groups excluding carboxylic acids is 1. The number of carbonyl (C=O) groups is 1. The van der Waals surface area contributed by atoms with Crippen LogP contribution in [-0.4, -0.2) is 12.6 Å². The molecule has 0 aliphatic rings. The fourth-order valence-electron chi connectivity index (χ4n) is 4.62. The van der Waals surface area contributed by atoms with Crippen LogP contribution in [0.4, 0.5) is 0 Å². The summed E-state index contributed by atoms with van der Waals surface area (Å²) in [6.45, 7) is 4.89. The Bertz CT molecular complexity index is 415. The molecule has 2 heteroatoms. The van der Waals surface area contributed by atoms with Gasteiger partial charge in [-0.05, 0) is 12.8 Å². The molecule has 0 aromatic heterocycles. The predicted molar refractivity (Wildman–Crippen MR) is 151 cm³/mol. The first kappa shape index (κ1) is 33.2. The first-order valence-corrected chi connectivity index (χ1v) is 15.6. The minimum atomic E-state index is -0.0374. The molecule has 0 N–H and O–H groups in total. The van der Waals surface area contributed by atoms with Crippen LogP contribution in [0.3, 0.4) is 0 Å². The molecule has 0 heterocycles. The second kappa shape index (κ2) is 30.2. The van der Waals surface area contributed by atoms with Crippen molar-refractivity contribution < 1.29 is 9.53 Å². The number of ether oxygens (including phenoxy) is 1. The van der Waals surface area contributed by atoms with Gasteiger partial charge in [0.15, 0.2) is 0 Å². The summed E-state index contributed by atoms with van der Waals surface area (Å²) in [6, 6.07) is 0. The average molecular weight is 479 g/mol. The lowest BCUT2D eigenvalue weighted by molar-refractivity contribution is -0.142. The Kier molecular flexibility index (Phi) is 29.5. The Hall–Kier alpha value is -0.790. The van der Waals surface area contributed by atoms with Crippen LogP contribution < -0.4 is 0 Å². The van der Waals surface area contributed by atoms with Crippen LogP contribution in [0.15, 0.2) is 12.2 Å². The van der Waals surface area contributed by atoms with E-state index < -0.39 is 0 Å². The zero-order valence-electron chi connectivity index (χ0n) is 23.6. The monoisotopic (exact) mass is 478 g/mol. The van der Waals surface area contributed by atoms with Crippen LogP contribution in [-0.2, 0) is 9.53 Å². The predicted octanol–water partition coefficient (Wildman–Crippen LogP) is 11.3. The molecule has 0 atom stereocenters. The number of hydrogen-bond acceptors (Lipinski definition) is 2. The highest BCUT2D eigenvalue weighted by Gasteiger charge is 2.01. The highest BCUT2D eigenvalue weighted by Crippen LogP contribution is 2.15. The second-order valence-electron chi connectivity index (χ2n) is 10.5. The maximum absolute atomic E-state index is 11.6. The van der Waals surface area contributed by atoms with E-state index in [1.54, 1.807) is 0 Å². The molecule has 0 radical (unpaired) electrons. The van der Waals surface area contributed by atoms with E-state index in [0.29, 0.717) is 13.0 Å². The molecule has 0 spiro atoms. The first-order valence-electron chi connectivity index (χ1n) is 15.6. The lowest BCUT2D eigenvalue weighted by Gasteiger charge is -2.04. The van der Waals surface area contributed by atoms with E-state index in [0.717, 1.165) is 19.3 Å². The smallest absolute Gasteiger partial charge is 0.306 e. The third-order valence-electron chi connectivity index (χ3n) is 6.95. The Morgan fingerprint density at radius 2 is 0.824 bits per heavy atom. The summed E-state index contributed by atoms with van der Waals surface area (Å²) in [5.41, 5.74) is 0. The zero-order chi connectivity index (χ0) is 24.8. The SMILES string of the molecule is CCC/C=C/COC(=O)CCCCCCCCCCCCCCCCCCCCCCCCC. The number of rotatable bonds is 28. The number of allylic oxidation sites excluding steroid dienone is 1. The van der Waals surface area contributed by atoms with E-state index in [-0.39, 0.29) is 5.97 Å². The maximum Gasteiger partial charge on any atom is 0.306 e. The molecule has 0 unspecified atom stereocenters. The van der Waals surface area contributed by atoms with E-state index in [2.05, 4.69) is 19.9 Å². The van der Waals surface area contributed by atoms with E-state index in [1.165, 1.54) is 141 Å². The van der Waals surface area contributed by atoms with Crippen LogP contribution in [0.25, 0.3) is 0 Å². The van der Waals surface area contributed by atoms with Gasteiger partial charge in [-0.2, -0.15) is 0 Å². The van der Waals surface area contributed by atoms with Gasteiger partial charge in [-0.3, -0.25) is 4.79 Å². The van der Waals surface area contributed by atoms with E-state index in [9.17, 15) is 4.79 Å². The van der Waals surface area contributed by atoms with Gasteiger partial charge in [-0.25, -0.2) is 0 Å². The molecule has 0 rings (SSSR count). The number of esters is 1. The second-order valence-corrected chi connectivity index (χ2v) is 10.5. The molecule has 0 fully saturated rings. The summed E-state index contributed by atoms with van der Waals surface area (Å²) in [5.74, 6) is -0.0374. The van der Waals surface area contributed by atoms with Gasteiger partial charge in [-0.15, -0.1) is 0 Å². The summed E-state index contributed by atoms with van der Waals surface area (Å²) in [7, 11) is 0. The third-order valence-corrected chi connectivity index (χ3v) is 6.95. The minimum Gasteiger partial charge on any atom is -0.461 e. The molecule has 0 saturated heterocycles. The lowest BCUT2D eigenvalue weighted by atomic mass is 10.0. The van der Waals surface area contributed by atoms with Crippen LogP contribution in [0.2, 0.25) is 0 Å². The van der Waals surface area contributed by atoms with Gasteiger partial charge in [0, 0.05) is 6.42 Å². The van der Waals surface area contributed by atoms with Crippen molar-refractivity contribution in [2.75, 3.05) is 6.61 Å². The molecule has 2 nitrogen and oxygen atoms in total. The fraction of sp³-hybridized carbons (Fsp3) is 0.906. The van der Waals surface area contributed by atoms with Gasteiger partial charge in [0.25, 0.3) is 0 Å². The standard InChI is InChI=1S/C32H62O2/c1-3-5-7-9-10-11-12-13-14-15-16-17-18-19-20-21-22-23-24-25-26-27-28-30-32(33)34-31-29-8-6-4-2/h8,29H,3-7,9-28,30-31H2,1-2H3/b29-8+. The molecule has 0 amide bonds. The Labute approximate surface area is 215 Å². The molecule has 0 aromatic rings. The fourth-order valence-corrected chi connectivity index (χ4v) is 4.62. The van der Waals surface area contributed by atoms with Crippen molar-refractivity contribution in [2.24, 2.45) is 0 Å². The molecule has 0 saturated carbocycles. The topological polar surface area (TPSA) is 26.3 Å². The molecule has 0 aromatic carbocycles. The molecule has 0 aliphatic heterocycles. The number of unbranched alkanes of at least 4 members (excludes halogenated alkanes) is 23. The van der Waals surface area contributed by atoms with Crippen molar-refractivity contribution in [3.05, 3.63) is 12.2 Å². The van der Waals surface area contributed by atoms with E-state index >= 15 is 0 Å². The highest BCUT2D eigenvalue weighted by atomic mass is 16.5. The normalized spacial score (nSPS) is 11.5. The molecular formula is C32H62O2. The van der Waals surface area contributed by atoms with Gasteiger partial charge in [-0.1, -0.05) is 174 Å². The molecule has 34 heavy (non-hydrogen) atoms. The van der Waals surface area contributed by atoms with Crippen LogP contribution in [0.5, 0.6) is 0 Å². The molecule has 0 aliphatic carbocycles. The summed E-state index contributed by atoms with van der Waals surface area (Å²) in [4.78, 5) is 11.6. The molecule has 0 bridgehead atoms. The van der Waals surface area contributed by atoms with Crippen molar-refractivity contribution in [1.82, 2.24) is 0 Å². The van der Waals surface area contributed by atoms with Gasteiger partial charge < -0.3 is 4.74 Å². The lowest BCUT2D eigenvalue weighted by Crippen LogP contribution is -2.03.